The average Bonchev–Trinajstić information content (AvgIpc) is 2.92. The molecule has 0 aliphatic carbocycles. The van der Waals surface area contributed by atoms with Gasteiger partial charge in [-0.15, -0.1) is 0 Å². The Balaban J connectivity index is 1.50. The zero-order valence-corrected chi connectivity index (χ0v) is 9.46. The number of aryl methyl sites for hydroxylation is 1. The molecule has 0 unspecified atom stereocenters. The van der Waals surface area contributed by atoms with Gasteiger partial charge in [0.05, 0.1) is 25.6 Å². The molecule has 2 saturated heterocycles. The first kappa shape index (κ1) is 9.53. The predicted octanol–water partition coefficient (Wildman–Crippen LogP) is 0.658. The second kappa shape index (κ2) is 3.71. The summed E-state index contributed by atoms with van der Waals surface area (Å²) in [5.74, 6) is 0. The van der Waals surface area contributed by atoms with Gasteiger partial charge in [0.25, 0.3) is 0 Å². The lowest BCUT2D eigenvalue weighted by molar-refractivity contribution is 0.147. The van der Waals surface area contributed by atoms with Crippen LogP contribution in [0, 0.1) is 0 Å². The van der Waals surface area contributed by atoms with E-state index in [0.29, 0.717) is 0 Å². The van der Waals surface area contributed by atoms with Crippen LogP contribution in [0.25, 0.3) is 0 Å². The third kappa shape index (κ3) is 1.85. The predicted molar refractivity (Wildman–Crippen MR) is 54.2 cm³/mol. The van der Waals surface area contributed by atoms with E-state index in [1.54, 1.807) is 6.20 Å². The lowest BCUT2D eigenvalue weighted by Crippen LogP contribution is -2.38. The third-order valence-electron chi connectivity index (χ3n) is 2.78. The summed E-state index contributed by atoms with van der Waals surface area (Å²) in [6, 6.07) is 0.918. The minimum Gasteiger partial charge on any atom is -0.371 e. The molecule has 0 amide bonds. The molecule has 2 aliphatic heterocycles. The minimum atomic E-state index is -2.20. The van der Waals surface area contributed by atoms with Crippen LogP contribution in [0.3, 0.4) is 0 Å². The van der Waals surface area contributed by atoms with Crippen LogP contribution in [0.2, 0.25) is 6.04 Å². The van der Waals surface area contributed by atoms with Crippen molar-refractivity contribution in [3.05, 3.63) is 18.7 Å². The minimum absolute atomic E-state index is 0.213. The number of aromatic nitrogens is 2. The summed E-state index contributed by atoms with van der Waals surface area (Å²) >= 11 is 0. The maximum Gasteiger partial charge on any atom is 0.501 e. The Bertz CT molecular complexity index is 322. The van der Waals surface area contributed by atoms with E-state index in [1.807, 2.05) is 12.5 Å². The Kier molecular flexibility index (Phi) is 2.36. The first-order valence-electron chi connectivity index (χ1n) is 5.28. The SMILES string of the molecule is c1cn(CCC[Si]23OCC(CO2)O3)cn1. The van der Waals surface area contributed by atoms with Gasteiger partial charge in [-0.3, -0.25) is 0 Å². The number of imidazole rings is 1. The molecule has 5 nitrogen and oxygen atoms in total. The summed E-state index contributed by atoms with van der Waals surface area (Å²) < 4.78 is 19.1. The third-order valence-corrected chi connectivity index (χ3v) is 5.65. The molecule has 3 rings (SSSR count). The molecule has 3 heterocycles. The van der Waals surface area contributed by atoms with E-state index >= 15 is 0 Å². The molecule has 2 aliphatic rings. The topological polar surface area (TPSA) is 45.5 Å². The van der Waals surface area contributed by atoms with Gasteiger partial charge in [0.15, 0.2) is 0 Å². The molecule has 0 N–H and O–H groups in total. The van der Waals surface area contributed by atoms with Crippen molar-refractivity contribution in [2.75, 3.05) is 13.2 Å². The lowest BCUT2D eigenvalue weighted by atomic mass is 10.4. The van der Waals surface area contributed by atoms with E-state index in [1.165, 1.54) is 0 Å². The van der Waals surface area contributed by atoms with E-state index in [2.05, 4.69) is 9.55 Å². The van der Waals surface area contributed by atoms with Crippen LogP contribution in [0.1, 0.15) is 6.42 Å². The van der Waals surface area contributed by atoms with Crippen LogP contribution in [0.4, 0.5) is 0 Å². The van der Waals surface area contributed by atoms with E-state index in [0.717, 1.165) is 32.2 Å². The number of rotatable bonds is 4. The molecule has 0 atom stereocenters. The van der Waals surface area contributed by atoms with Gasteiger partial charge in [0.1, 0.15) is 0 Å². The molecule has 0 spiro atoms. The highest BCUT2D eigenvalue weighted by molar-refractivity contribution is 6.61. The second-order valence-electron chi connectivity index (χ2n) is 3.95. The molecule has 2 fully saturated rings. The Labute approximate surface area is 89.3 Å². The molecule has 0 aromatic carbocycles. The molecule has 6 heteroatoms. The van der Waals surface area contributed by atoms with Crippen LogP contribution in [-0.4, -0.2) is 37.7 Å². The van der Waals surface area contributed by atoms with Crippen molar-refractivity contribution in [1.82, 2.24) is 9.55 Å². The zero-order chi connectivity index (χ0) is 10.1. The van der Waals surface area contributed by atoms with Gasteiger partial charge in [-0.25, -0.2) is 4.98 Å². The van der Waals surface area contributed by atoms with Crippen molar-refractivity contribution in [1.29, 1.82) is 0 Å². The van der Waals surface area contributed by atoms with E-state index in [4.69, 9.17) is 13.3 Å². The van der Waals surface area contributed by atoms with Gasteiger partial charge in [-0.05, 0) is 6.42 Å². The quantitative estimate of drug-likeness (QED) is 0.707. The number of hydrogen-bond donors (Lipinski definition) is 0. The molecule has 82 valence electrons. The first-order chi connectivity index (χ1) is 7.36. The molecule has 0 saturated carbocycles. The molecule has 15 heavy (non-hydrogen) atoms. The normalized spacial score (nSPS) is 33.7. The Morgan fingerprint density at radius 2 is 2.27 bits per heavy atom. The number of fused-ring (bicyclic) bond motifs is 2. The average molecular weight is 226 g/mol. The maximum absolute atomic E-state index is 5.75. The van der Waals surface area contributed by atoms with E-state index in [9.17, 15) is 0 Å². The second-order valence-corrected chi connectivity index (χ2v) is 6.63. The molecular weight excluding hydrogens is 212 g/mol. The summed E-state index contributed by atoms with van der Waals surface area (Å²) in [5, 5.41) is 0. The Morgan fingerprint density at radius 3 is 2.87 bits per heavy atom. The van der Waals surface area contributed by atoms with Crippen LogP contribution in [0.15, 0.2) is 18.7 Å². The fourth-order valence-corrected chi connectivity index (χ4v) is 4.76. The van der Waals surface area contributed by atoms with Crippen molar-refractivity contribution in [3.8, 4) is 0 Å². The largest absolute Gasteiger partial charge is 0.501 e. The van der Waals surface area contributed by atoms with Crippen molar-refractivity contribution < 1.29 is 13.3 Å². The summed E-state index contributed by atoms with van der Waals surface area (Å²) in [7, 11) is -2.20. The highest BCUT2D eigenvalue weighted by Gasteiger charge is 2.54. The molecule has 2 bridgehead atoms. The summed E-state index contributed by atoms with van der Waals surface area (Å²) in [6.07, 6.45) is 6.82. The highest BCUT2D eigenvalue weighted by Crippen LogP contribution is 2.32. The molecule has 0 radical (unpaired) electrons. The van der Waals surface area contributed by atoms with Crippen LogP contribution in [-0.2, 0) is 19.8 Å². The van der Waals surface area contributed by atoms with Gasteiger partial charge in [-0.2, -0.15) is 0 Å². The monoisotopic (exact) mass is 226 g/mol. The van der Waals surface area contributed by atoms with Gasteiger partial charge >= 0.3 is 8.80 Å². The van der Waals surface area contributed by atoms with Gasteiger partial charge in [0.2, 0.25) is 0 Å². The van der Waals surface area contributed by atoms with Crippen molar-refractivity contribution in [2.24, 2.45) is 0 Å². The Morgan fingerprint density at radius 1 is 1.40 bits per heavy atom. The van der Waals surface area contributed by atoms with Gasteiger partial charge in [0, 0.05) is 25.0 Å². The van der Waals surface area contributed by atoms with Crippen molar-refractivity contribution in [3.63, 3.8) is 0 Å². The van der Waals surface area contributed by atoms with Gasteiger partial charge < -0.3 is 17.8 Å². The van der Waals surface area contributed by atoms with E-state index < -0.39 is 8.80 Å². The maximum atomic E-state index is 5.75. The van der Waals surface area contributed by atoms with Crippen LogP contribution in [0.5, 0.6) is 0 Å². The smallest absolute Gasteiger partial charge is 0.371 e. The Hall–Kier alpha value is -0.693. The van der Waals surface area contributed by atoms with Crippen LogP contribution >= 0.6 is 0 Å². The van der Waals surface area contributed by atoms with Crippen molar-refractivity contribution >= 4 is 8.80 Å². The first-order valence-corrected chi connectivity index (χ1v) is 7.21. The van der Waals surface area contributed by atoms with Crippen molar-refractivity contribution in [2.45, 2.75) is 25.1 Å². The lowest BCUT2D eigenvalue weighted by Gasteiger charge is -2.19. The van der Waals surface area contributed by atoms with E-state index in [-0.39, 0.29) is 6.10 Å². The molecule has 1 aromatic heterocycles. The molecule has 1 aromatic rings. The fourth-order valence-electron chi connectivity index (χ4n) is 2.02. The van der Waals surface area contributed by atoms with Crippen LogP contribution < -0.4 is 0 Å². The number of hydrogen-bond acceptors (Lipinski definition) is 4. The summed E-state index contributed by atoms with van der Waals surface area (Å²) in [6.45, 7) is 2.42. The highest BCUT2D eigenvalue weighted by atomic mass is 28.4. The standard InChI is InChI=1S/C9H14N2O3Si/c1(3-11-4-2-10-8-11)5-15-12-6-9(14-15)7-13-15/h2,4,8-9H,1,3,5-7H2. The number of nitrogens with zero attached hydrogens (tertiary/aromatic N) is 2. The zero-order valence-electron chi connectivity index (χ0n) is 8.46. The van der Waals surface area contributed by atoms with Gasteiger partial charge in [-0.1, -0.05) is 0 Å². The summed E-state index contributed by atoms with van der Waals surface area (Å²) in [5.41, 5.74) is 0. The fraction of sp³-hybridized carbons (Fsp3) is 0.667. The molecular formula is C9H14N2O3Si. The summed E-state index contributed by atoms with van der Waals surface area (Å²) in [4.78, 5) is 4.00.